The quantitative estimate of drug-likeness (QED) is 0.497. The molecule has 1 aliphatic heterocycles. The molecule has 0 bridgehead atoms. The van der Waals surface area contributed by atoms with Crippen molar-refractivity contribution >= 4 is 5.91 Å². The second-order valence-electron chi connectivity index (χ2n) is 13.0. The van der Waals surface area contributed by atoms with Gasteiger partial charge >= 0.3 is 0 Å². The van der Waals surface area contributed by atoms with Crippen molar-refractivity contribution in [3.8, 4) is 0 Å². The van der Waals surface area contributed by atoms with Crippen molar-refractivity contribution in [2.45, 2.75) is 115 Å². The highest BCUT2D eigenvalue weighted by atomic mass is 19.1. The second-order valence-corrected chi connectivity index (χ2v) is 13.0. The first-order valence-electron chi connectivity index (χ1n) is 14.8. The number of alkyl halides is 2. The number of carbonyl (C=O) groups is 1. The van der Waals surface area contributed by atoms with Gasteiger partial charge in [0.05, 0.1) is 0 Å². The molecule has 1 aromatic rings. The van der Waals surface area contributed by atoms with Gasteiger partial charge in [-0.3, -0.25) is 10.2 Å². The van der Waals surface area contributed by atoms with E-state index in [-0.39, 0.29) is 30.0 Å². The Balaban J connectivity index is 1.31. The predicted molar refractivity (Wildman–Crippen MR) is 140 cm³/mol. The Kier molecular flexibility index (Phi) is 8.13. The maximum Gasteiger partial charge on any atom is 0.223 e. The van der Waals surface area contributed by atoms with Crippen LogP contribution >= 0.6 is 0 Å². The molecule has 208 valence electrons. The SMILES string of the molecule is CC1CC(F)CCC1C1CC(Cn2ccn(C)c2=N)CC(C(=O)N[C@@H](C2CC2)C2CCC(F)C(C)N2)C1. The van der Waals surface area contributed by atoms with Crippen molar-refractivity contribution in [3.63, 3.8) is 0 Å². The third-order valence-corrected chi connectivity index (χ3v) is 10.2. The topological polar surface area (TPSA) is 74.8 Å². The van der Waals surface area contributed by atoms with Crippen LogP contribution in [0.3, 0.4) is 0 Å². The largest absolute Gasteiger partial charge is 0.351 e. The van der Waals surface area contributed by atoms with Crippen LogP contribution in [0.2, 0.25) is 0 Å². The number of aromatic nitrogens is 2. The first kappa shape index (κ1) is 26.9. The molecule has 10 atom stereocenters. The van der Waals surface area contributed by atoms with E-state index in [4.69, 9.17) is 5.41 Å². The summed E-state index contributed by atoms with van der Waals surface area (Å²) in [6.07, 6.45) is 10.9. The number of amides is 1. The Hall–Kier alpha value is -1.70. The molecule has 3 N–H and O–H groups in total. The van der Waals surface area contributed by atoms with E-state index in [1.165, 1.54) is 0 Å². The minimum absolute atomic E-state index is 0.0614. The normalized spacial score (nSPS) is 39.8. The number of nitrogens with zero attached hydrogens (tertiary/aromatic N) is 2. The molecule has 1 saturated heterocycles. The number of aryl methyl sites for hydroxylation is 1. The Bertz CT molecular complexity index is 989. The van der Waals surface area contributed by atoms with E-state index in [1.807, 2.05) is 35.5 Å². The monoisotopic (exact) mass is 519 g/mol. The Labute approximate surface area is 220 Å². The third-order valence-electron chi connectivity index (χ3n) is 10.2. The average molecular weight is 520 g/mol. The summed E-state index contributed by atoms with van der Waals surface area (Å²) in [5.41, 5.74) is 0.479. The molecule has 37 heavy (non-hydrogen) atoms. The first-order valence-corrected chi connectivity index (χ1v) is 14.8. The van der Waals surface area contributed by atoms with Crippen molar-refractivity contribution in [2.75, 3.05) is 0 Å². The molecule has 1 amide bonds. The van der Waals surface area contributed by atoms with E-state index in [0.717, 1.165) is 51.5 Å². The Morgan fingerprint density at radius 2 is 1.86 bits per heavy atom. The van der Waals surface area contributed by atoms with Crippen molar-refractivity contribution in [1.29, 1.82) is 5.41 Å². The fraction of sp³-hybridized carbons (Fsp3) is 0.862. The van der Waals surface area contributed by atoms with Crippen LogP contribution in [-0.4, -0.2) is 45.5 Å². The molecular formula is C29H47F2N5O. The number of carbonyl (C=O) groups excluding carboxylic acids is 1. The van der Waals surface area contributed by atoms with Gasteiger partial charge in [-0.05, 0) is 101 Å². The van der Waals surface area contributed by atoms with Crippen molar-refractivity contribution in [1.82, 2.24) is 19.8 Å². The number of halogens is 2. The second kappa shape index (κ2) is 11.2. The fourth-order valence-electron chi connectivity index (χ4n) is 7.88. The van der Waals surface area contributed by atoms with E-state index >= 15 is 0 Å². The van der Waals surface area contributed by atoms with Gasteiger partial charge in [0.1, 0.15) is 12.3 Å². The van der Waals surface area contributed by atoms with Gasteiger partial charge in [0.15, 0.2) is 0 Å². The standard InChI is InChI=1S/C29H47F2N5O/c1-17-12-23(30)6-7-24(17)21-13-19(16-36-11-10-35(3)29(36)32)14-22(15-21)28(37)34-27(20-4-5-20)26-9-8-25(31)18(2)33-26/h10-11,17-27,32-33H,4-9,12-16H2,1-3H3,(H,34,37)/t17?,18?,19?,21?,22?,23?,24?,25?,26?,27-/m0/s1. The van der Waals surface area contributed by atoms with Gasteiger partial charge in [-0.15, -0.1) is 0 Å². The minimum atomic E-state index is -0.814. The van der Waals surface area contributed by atoms with E-state index in [9.17, 15) is 13.6 Å². The van der Waals surface area contributed by atoms with Gasteiger partial charge in [-0.2, -0.15) is 0 Å². The van der Waals surface area contributed by atoms with E-state index in [1.54, 1.807) is 0 Å². The van der Waals surface area contributed by atoms with Crippen molar-refractivity contribution in [3.05, 3.63) is 18.0 Å². The molecular weight excluding hydrogens is 472 g/mol. The van der Waals surface area contributed by atoms with Gasteiger partial charge in [-0.1, -0.05) is 6.92 Å². The number of piperidine rings is 1. The lowest BCUT2D eigenvalue weighted by molar-refractivity contribution is -0.129. The van der Waals surface area contributed by atoms with E-state index < -0.39 is 12.3 Å². The summed E-state index contributed by atoms with van der Waals surface area (Å²) in [7, 11) is 1.89. The molecule has 3 saturated carbocycles. The summed E-state index contributed by atoms with van der Waals surface area (Å²) in [6.45, 7) is 4.85. The average Bonchev–Trinajstić information content (AvgIpc) is 3.66. The van der Waals surface area contributed by atoms with Crippen LogP contribution in [0, 0.1) is 40.9 Å². The summed E-state index contributed by atoms with van der Waals surface area (Å²) in [6, 6.07) is 0.0409. The highest BCUT2D eigenvalue weighted by molar-refractivity contribution is 5.79. The van der Waals surface area contributed by atoms with Crippen molar-refractivity contribution in [2.24, 2.45) is 42.6 Å². The molecule has 4 fully saturated rings. The number of imidazole rings is 1. The summed E-state index contributed by atoms with van der Waals surface area (Å²) >= 11 is 0. The molecule has 1 aromatic heterocycles. The molecule has 0 spiro atoms. The first-order chi connectivity index (χ1) is 17.7. The smallest absolute Gasteiger partial charge is 0.223 e. The minimum Gasteiger partial charge on any atom is -0.351 e. The molecule has 3 aliphatic carbocycles. The van der Waals surface area contributed by atoms with Gasteiger partial charge in [0.25, 0.3) is 0 Å². The molecule has 0 radical (unpaired) electrons. The molecule has 8 heteroatoms. The number of nitrogens with one attached hydrogen (secondary N) is 3. The van der Waals surface area contributed by atoms with Crippen LogP contribution in [0.4, 0.5) is 8.78 Å². The van der Waals surface area contributed by atoms with Crippen LogP contribution in [-0.2, 0) is 18.4 Å². The van der Waals surface area contributed by atoms with Crippen molar-refractivity contribution < 1.29 is 13.6 Å². The van der Waals surface area contributed by atoms with Gasteiger partial charge in [-0.25, -0.2) is 8.78 Å². The van der Waals surface area contributed by atoms with Gasteiger partial charge < -0.3 is 19.8 Å². The predicted octanol–water partition coefficient (Wildman–Crippen LogP) is 4.49. The van der Waals surface area contributed by atoms with Crippen LogP contribution in [0.1, 0.15) is 78.1 Å². The zero-order chi connectivity index (χ0) is 26.3. The molecule has 0 aromatic carbocycles. The summed E-state index contributed by atoms with van der Waals surface area (Å²) in [5.74, 6) is 2.12. The molecule has 6 nitrogen and oxygen atoms in total. The lowest BCUT2D eigenvalue weighted by atomic mass is 9.63. The lowest BCUT2D eigenvalue weighted by Gasteiger charge is -2.43. The summed E-state index contributed by atoms with van der Waals surface area (Å²) in [4.78, 5) is 13.8. The molecule has 5 rings (SSSR count). The van der Waals surface area contributed by atoms with E-state index in [2.05, 4.69) is 17.6 Å². The molecule has 4 aliphatic rings. The Morgan fingerprint density at radius 3 is 2.51 bits per heavy atom. The highest BCUT2D eigenvalue weighted by Crippen LogP contribution is 2.46. The zero-order valence-corrected chi connectivity index (χ0v) is 22.8. The number of rotatable bonds is 7. The maximum absolute atomic E-state index is 14.1. The zero-order valence-electron chi connectivity index (χ0n) is 22.8. The number of hydrogen-bond acceptors (Lipinski definition) is 3. The van der Waals surface area contributed by atoms with E-state index in [0.29, 0.717) is 54.5 Å². The van der Waals surface area contributed by atoms with Crippen LogP contribution in [0.25, 0.3) is 0 Å². The molecule has 9 unspecified atom stereocenters. The highest BCUT2D eigenvalue weighted by Gasteiger charge is 2.44. The lowest BCUT2D eigenvalue weighted by Crippen LogP contribution is -2.58. The van der Waals surface area contributed by atoms with Crippen LogP contribution in [0.5, 0.6) is 0 Å². The summed E-state index contributed by atoms with van der Waals surface area (Å²) < 4.78 is 32.1. The fourth-order valence-corrected chi connectivity index (χ4v) is 7.88. The summed E-state index contributed by atoms with van der Waals surface area (Å²) in [5, 5.41) is 15.3. The maximum atomic E-state index is 14.1. The Morgan fingerprint density at radius 1 is 1.08 bits per heavy atom. The van der Waals surface area contributed by atoms with Crippen LogP contribution in [0.15, 0.2) is 12.4 Å². The van der Waals surface area contributed by atoms with Gasteiger partial charge in [0, 0.05) is 50.0 Å². The van der Waals surface area contributed by atoms with Gasteiger partial charge in [0.2, 0.25) is 11.5 Å². The van der Waals surface area contributed by atoms with Crippen LogP contribution < -0.4 is 16.3 Å². The number of hydrogen-bond donors (Lipinski definition) is 3. The third kappa shape index (κ3) is 6.15. The molecule has 2 heterocycles.